The van der Waals surface area contributed by atoms with Crippen molar-refractivity contribution in [2.24, 2.45) is 0 Å². The lowest BCUT2D eigenvalue weighted by atomic mass is 10.0. The smallest absolute Gasteiger partial charge is 0.264 e. The van der Waals surface area contributed by atoms with Crippen molar-refractivity contribution in [3.63, 3.8) is 0 Å². The molecule has 0 aromatic heterocycles. The van der Waals surface area contributed by atoms with Gasteiger partial charge in [0.1, 0.15) is 0 Å². The molecule has 5 nitrogen and oxygen atoms in total. The van der Waals surface area contributed by atoms with Crippen LogP contribution in [0.4, 0.5) is 11.4 Å². The minimum absolute atomic E-state index is 0.109. The molecule has 0 saturated carbocycles. The van der Waals surface area contributed by atoms with E-state index in [1.165, 1.54) is 23.5 Å². The highest BCUT2D eigenvalue weighted by Crippen LogP contribution is 2.24. The van der Waals surface area contributed by atoms with Crippen LogP contribution in [0.3, 0.4) is 0 Å². The Labute approximate surface area is 165 Å². The van der Waals surface area contributed by atoms with Gasteiger partial charge >= 0.3 is 0 Å². The number of rotatable bonds is 5. The highest BCUT2D eigenvalue weighted by Gasteiger charge is 2.22. The van der Waals surface area contributed by atoms with Crippen LogP contribution in [0.15, 0.2) is 77.7 Å². The van der Waals surface area contributed by atoms with Crippen LogP contribution in [-0.4, -0.2) is 21.4 Å². The fourth-order valence-electron chi connectivity index (χ4n) is 2.86. The first-order valence-electron chi connectivity index (χ1n) is 8.82. The Balaban J connectivity index is 1.88. The van der Waals surface area contributed by atoms with E-state index in [1.807, 2.05) is 32.0 Å². The zero-order valence-electron chi connectivity index (χ0n) is 16.0. The van der Waals surface area contributed by atoms with Crippen molar-refractivity contribution in [3.8, 4) is 0 Å². The topological polar surface area (TPSA) is 66.5 Å². The second-order valence-corrected chi connectivity index (χ2v) is 8.51. The van der Waals surface area contributed by atoms with Gasteiger partial charge in [-0.05, 0) is 61.4 Å². The van der Waals surface area contributed by atoms with Crippen molar-refractivity contribution in [1.82, 2.24) is 0 Å². The molecule has 0 aliphatic carbocycles. The number of carbonyl (C=O) groups excluding carboxylic acids is 1. The number of hydrogen-bond acceptors (Lipinski definition) is 3. The third-order valence-corrected chi connectivity index (χ3v) is 6.50. The van der Waals surface area contributed by atoms with E-state index < -0.39 is 10.0 Å². The number of carbonyl (C=O) groups is 1. The molecule has 0 atom stereocenters. The highest BCUT2D eigenvalue weighted by atomic mass is 32.2. The van der Waals surface area contributed by atoms with Gasteiger partial charge in [-0.3, -0.25) is 9.10 Å². The minimum atomic E-state index is -3.75. The third kappa shape index (κ3) is 3.92. The molecule has 6 heteroatoms. The summed E-state index contributed by atoms with van der Waals surface area (Å²) in [5.74, 6) is -0.271. The molecule has 144 valence electrons. The molecule has 3 rings (SSSR count). The van der Waals surface area contributed by atoms with Gasteiger partial charge in [0, 0.05) is 18.3 Å². The van der Waals surface area contributed by atoms with Crippen LogP contribution in [0.1, 0.15) is 21.5 Å². The second kappa shape index (κ2) is 7.86. The van der Waals surface area contributed by atoms with E-state index >= 15 is 0 Å². The molecule has 0 spiro atoms. The summed E-state index contributed by atoms with van der Waals surface area (Å²) in [7, 11) is -2.24. The van der Waals surface area contributed by atoms with E-state index in [2.05, 4.69) is 5.32 Å². The molecule has 1 N–H and O–H groups in total. The lowest BCUT2D eigenvalue weighted by molar-refractivity contribution is 0.102. The predicted molar refractivity (Wildman–Crippen MR) is 112 cm³/mol. The van der Waals surface area contributed by atoms with Crippen LogP contribution in [0.25, 0.3) is 0 Å². The van der Waals surface area contributed by atoms with Crippen LogP contribution < -0.4 is 9.62 Å². The maximum atomic E-state index is 13.0. The number of sulfonamides is 1. The summed E-state index contributed by atoms with van der Waals surface area (Å²) in [6.45, 7) is 3.83. The highest BCUT2D eigenvalue weighted by molar-refractivity contribution is 7.92. The number of hydrogen-bond donors (Lipinski definition) is 1. The van der Waals surface area contributed by atoms with Crippen LogP contribution in [0, 0.1) is 13.8 Å². The molecule has 0 unspecified atom stereocenters. The average Bonchev–Trinajstić information content (AvgIpc) is 2.70. The van der Waals surface area contributed by atoms with Crippen molar-refractivity contribution >= 4 is 27.3 Å². The number of para-hydroxylation sites is 1. The molecule has 3 aromatic rings. The Hall–Kier alpha value is -3.12. The Morgan fingerprint density at radius 2 is 1.57 bits per heavy atom. The monoisotopic (exact) mass is 394 g/mol. The molecule has 0 heterocycles. The zero-order chi connectivity index (χ0) is 20.3. The number of nitrogens with one attached hydrogen (secondary N) is 1. The van der Waals surface area contributed by atoms with Crippen molar-refractivity contribution < 1.29 is 13.2 Å². The Bertz CT molecular complexity index is 1110. The van der Waals surface area contributed by atoms with Gasteiger partial charge in [0.05, 0.1) is 10.6 Å². The molecule has 28 heavy (non-hydrogen) atoms. The lowest BCUT2D eigenvalue weighted by Gasteiger charge is -2.20. The molecule has 0 fully saturated rings. The summed E-state index contributed by atoms with van der Waals surface area (Å²) < 4.78 is 27.1. The van der Waals surface area contributed by atoms with E-state index in [0.717, 1.165) is 11.1 Å². The fraction of sp³-hybridized carbons (Fsp3) is 0.136. The van der Waals surface area contributed by atoms with Gasteiger partial charge in [0.2, 0.25) is 0 Å². The SMILES string of the molecule is Cc1cccc(C(=O)Nc2cccc(S(=O)(=O)N(C)c3ccccc3)c2)c1C. The van der Waals surface area contributed by atoms with E-state index in [9.17, 15) is 13.2 Å². The Morgan fingerprint density at radius 3 is 2.29 bits per heavy atom. The molecule has 0 aliphatic heterocycles. The van der Waals surface area contributed by atoms with Crippen molar-refractivity contribution in [3.05, 3.63) is 89.5 Å². The zero-order valence-corrected chi connectivity index (χ0v) is 16.8. The first kappa shape index (κ1) is 19.6. The normalized spacial score (nSPS) is 11.1. The summed E-state index contributed by atoms with van der Waals surface area (Å²) in [5.41, 5.74) is 3.47. The van der Waals surface area contributed by atoms with Crippen LogP contribution in [-0.2, 0) is 10.0 Å². The third-order valence-electron chi connectivity index (χ3n) is 4.72. The van der Waals surface area contributed by atoms with Crippen LogP contribution in [0.5, 0.6) is 0 Å². The second-order valence-electron chi connectivity index (χ2n) is 6.54. The van der Waals surface area contributed by atoms with Gasteiger partial charge in [0.15, 0.2) is 0 Å². The Kier molecular flexibility index (Phi) is 5.51. The maximum absolute atomic E-state index is 13.0. The number of amides is 1. The summed E-state index contributed by atoms with van der Waals surface area (Å²) in [4.78, 5) is 12.7. The Morgan fingerprint density at radius 1 is 0.893 bits per heavy atom. The van der Waals surface area contributed by atoms with Gasteiger partial charge < -0.3 is 5.32 Å². The quantitative estimate of drug-likeness (QED) is 0.698. The number of nitrogens with zero attached hydrogens (tertiary/aromatic N) is 1. The number of aryl methyl sites for hydroxylation is 1. The summed E-state index contributed by atoms with van der Waals surface area (Å²) >= 11 is 0. The molecule has 1 amide bonds. The lowest BCUT2D eigenvalue weighted by Crippen LogP contribution is -2.26. The van der Waals surface area contributed by atoms with Gasteiger partial charge in [-0.15, -0.1) is 0 Å². The molecule has 0 radical (unpaired) electrons. The number of benzene rings is 3. The van der Waals surface area contributed by atoms with Gasteiger partial charge in [-0.1, -0.05) is 36.4 Å². The van der Waals surface area contributed by atoms with Crippen molar-refractivity contribution in [2.45, 2.75) is 18.7 Å². The van der Waals surface area contributed by atoms with E-state index in [0.29, 0.717) is 16.9 Å². The predicted octanol–water partition coefficient (Wildman–Crippen LogP) is 4.38. The first-order chi connectivity index (χ1) is 13.3. The van der Waals surface area contributed by atoms with Crippen LogP contribution >= 0.6 is 0 Å². The number of anilines is 2. The molecular weight excluding hydrogens is 372 g/mol. The summed E-state index contributed by atoms with van der Waals surface area (Å²) in [6.07, 6.45) is 0. The van der Waals surface area contributed by atoms with Crippen molar-refractivity contribution in [1.29, 1.82) is 0 Å². The first-order valence-corrected chi connectivity index (χ1v) is 10.3. The van der Waals surface area contributed by atoms with E-state index in [4.69, 9.17) is 0 Å². The van der Waals surface area contributed by atoms with Gasteiger partial charge in [-0.2, -0.15) is 0 Å². The molecule has 0 bridgehead atoms. The van der Waals surface area contributed by atoms with Crippen LogP contribution in [0.2, 0.25) is 0 Å². The standard InChI is InChI=1S/C22H22N2O3S/c1-16-9-7-14-21(17(16)2)22(25)23-18-10-8-13-20(15-18)28(26,27)24(3)19-11-5-4-6-12-19/h4-15H,1-3H3,(H,23,25). The van der Waals surface area contributed by atoms with E-state index in [-0.39, 0.29) is 10.8 Å². The van der Waals surface area contributed by atoms with Gasteiger partial charge in [-0.25, -0.2) is 8.42 Å². The van der Waals surface area contributed by atoms with Gasteiger partial charge in [0.25, 0.3) is 15.9 Å². The summed E-state index contributed by atoms with van der Waals surface area (Å²) in [6, 6.07) is 20.6. The molecule has 3 aromatic carbocycles. The van der Waals surface area contributed by atoms with Crippen molar-refractivity contribution in [2.75, 3.05) is 16.7 Å². The maximum Gasteiger partial charge on any atom is 0.264 e. The fourth-order valence-corrected chi connectivity index (χ4v) is 4.11. The summed E-state index contributed by atoms with van der Waals surface area (Å²) in [5, 5.41) is 2.80. The molecule has 0 aliphatic rings. The minimum Gasteiger partial charge on any atom is -0.322 e. The largest absolute Gasteiger partial charge is 0.322 e. The molecule has 0 saturated heterocycles. The van der Waals surface area contributed by atoms with E-state index in [1.54, 1.807) is 42.5 Å². The molecular formula is C22H22N2O3S. The average molecular weight is 394 g/mol.